The lowest BCUT2D eigenvalue weighted by atomic mass is 10.0. The Morgan fingerprint density at radius 3 is 1.47 bits per heavy atom. The normalized spacial score (nSPS) is 10.6. The zero-order valence-electron chi connectivity index (χ0n) is 17.6. The minimum atomic E-state index is 0.716. The average molecular weight is 411 g/mol. The summed E-state index contributed by atoms with van der Waals surface area (Å²) >= 11 is 0. The Balaban J connectivity index is 1.60. The third kappa shape index (κ3) is 4.12. The highest BCUT2D eigenvalue weighted by Crippen LogP contribution is 2.29. The molecule has 5 aromatic rings. The van der Waals surface area contributed by atoms with Gasteiger partial charge in [-0.1, -0.05) is 122 Å². The zero-order chi connectivity index (χ0) is 21.8. The highest BCUT2D eigenvalue weighted by molar-refractivity contribution is 5.73. The largest absolute Gasteiger partial charge is 0.228 e. The van der Waals surface area contributed by atoms with Crippen LogP contribution in [0, 0.1) is 0 Å². The molecule has 0 radical (unpaired) electrons. The van der Waals surface area contributed by atoms with Crippen molar-refractivity contribution in [3.05, 3.63) is 127 Å². The van der Waals surface area contributed by atoms with Crippen LogP contribution in [0.3, 0.4) is 0 Å². The van der Waals surface area contributed by atoms with E-state index in [2.05, 4.69) is 97.6 Å². The predicted octanol–water partition coefficient (Wildman–Crippen LogP) is 7.79. The van der Waals surface area contributed by atoms with Gasteiger partial charge in [-0.3, -0.25) is 0 Å². The van der Waals surface area contributed by atoms with Crippen LogP contribution in [0.25, 0.3) is 51.1 Å². The van der Waals surface area contributed by atoms with E-state index in [9.17, 15) is 0 Å². The first kappa shape index (κ1) is 19.7. The van der Waals surface area contributed by atoms with E-state index in [1.165, 1.54) is 11.1 Å². The van der Waals surface area contributed by atoms with Crippen LogP contribution in [-0.4, -0.2) is 9.97 Å². The van der Waals surface area contributed by atoms with E-state index in [4.69, 9.17) is 9.97 Å². The Morgan fingerprint density at radius 1 is 0.469 bits per heavy atom. The van der Waals surface area contributed by atoms with E-state index in [1.54, 1.807) is 0 Å². The number of hydrogen-bond donors (Lipinski definition) is 0. The van der Waals surface area contributed by atoms with Gasteiger partial charge in [0.15, 0.2) is 5.82 Å². The van der Waals surface area contributed by atoms with Crippen molar-refractivity contribution in [3.63, 3.8) is 0 Å². The van der Waals surface area contributed by atoms with E-state index in [1.807, 2.05) is 30.3 Å². The second-order valence-corrected chi connectivity index (χ2v) is 7.60. The first-order chi connectivity index (χ1) is 15.8. The van der Waals surface area contributed by atoms with Crippen molar-refractivity contribution in [3.8, 4) is 45.0 Å². The quantitative estimate of drug-likeness (QED) is 0.295. The summed E-state index contributed by atoms with van der Waals surface area (Å²) in [5.41, 5.74) is 8.38. The summed E-state index contributed by atoms with van der Waals surface area (Å²) in [6, 6.07) is 39.4. The van der Waals surface area contributed by atoms with E-state index in [-0.39, 0.29) is 0 Å². The number of nitrogens with zero attached hydrogens (tertiary/aromatic N) is 2. The predicted molar refractivity (Wildman–Crippen MR) is 134 cm³/mol. The molecule has 0 aliphatic rings. The topological polar surface area (TPSA) is 25.8 Å². The Kier molecular flexibility index (Phi) is 5.42. The van der Waals surface area contributed by atoms with E-state index in [0.29, 0.717) is 5.82 Å². The minimum Gasteiger partial charge on any atom is -0.228 e. The maximum atomic E-state index is 4.92. The molecule has 0 saturated heterocycles. The Labute approximate surface area is 188 Å². The molecule has 2 heteroatoms. The van der Waals surface area contributed by atoms with Crippen molar-refractivity contribution in [1.29, 1.82) is 0 Å². The molecule has 0 aliphatic heterocycles. The van der Waals surface area contributed by atoms with Crippen molar-refractivity contribution in [1.82, 2.24) is 9.97 Å². The summed E-state index contributed by atoms with van der Waals surface area (Å²) in [6.45, 7) is 3.84. The van der Waals surface area contributed by atoms with Crippen molar-refractivity contribution in [2.75, 3.05) is 0 Å². The van der Waals surface area contributed by atoms with Crippen molar-refractivity contribution < 1.29 is 0 Å². The number of benzene rings is 4. The van der Waals surface area contributed by atoms with Gasteiger partial charge in [-0.25, -0.2) is 9.97 Å². The molecule has 1 heterocycles. The summed E-state index contributed by atoms with van der Waals surface area (Å²) < 4.78 is 0. The van der Waals surface area contributed by atoms with Gasteiger partial charge in [0.25, 0.3) is 0 Å². The minimum absolute atomic E-state index is 0.716. The molecule has 0 N–H and O–H groups in total. The van der Waals surface area contributed by atoms with Crippen LogP contribution < -0.4 is 0 Å². The molecule has 5 rings (SSSR count). The van der Waals surface area contributed by atoms with Gasteiger partial charge in [-0.2, -0.15) is 0 Å². The van der Waals surface area contributed by atoms with E-state index in [0.717, 1.165) is 33.6 Å². The SMILES string of the molecule is C=Cc1ccc(-c2cc(-c3ccccc3)nc(-c3ccc(-c4ccccc4)cc3)n2)cc1. The first-order valence-corrected chi connectivity index (χ1v) is 10.6. The molecule has 0 saturated carbocycles. The van der Waals surface area contributed by atoms with Crippen LogP contribution in [-0.2, 0) is 0 Å². The first-order valence-electron chi connectivity index (χ1n) is 10.6. The van der Waals surface area contributed by atoms with Gasteiger partial charge in [0.05, 0.1) is 11.4 Å². The summed E-state index contributed by atoms with van der Waals surface area (Å²) in [6.07, 6.45) is 1.85. The summed E-state index contributed by atoms with van der Waals surface area (Å²) in [5, 5.41) is 0. The highest BCUT2D eigenvalue weighted by Gasteiger charge is 2.11. The molecule has 4 aromatic carbocycles. The molecule has 0 atom stereocenters. The summed E-state index contributed by atoms with van der Waals surface area (Å²) in [4.78, 5) is 9.83. The smallest absolute Gasteiger partial charge is 0.160 e. The fourth-order valence-electron chi connectivity index (χ4n) is 3.71. The van der Waals surface area contributed by atoms with Crippen LogP contribution in [0.2, 0.25) is 0 Å². The summed E-state index contributed by atoms with van der Waals surface area (Å²) in [7, 11) is 0. The van der Waals surface area contributed by atoms with Gasteiger partial charge in [-0.05, 0) is 22.8 Å². The fraction of sp³-hybridized carbons (Fsp3) is 0. The van der Waals surface area contributed by atoms with Gasteiger partial charge in [0.1, 0.15) is 0 Å². The molecule has 1 aromatic heterocycles. The van der Waals surface area contributed by atoms with Crippen LogP contribution in [0.15, 0.2) is 122 Å². The molecular weight excluding hydrogens is 388 g/mol. The maximum Gasteiger partial charge on any atom is 0.160 e. The number of hydrogen-bond acceptors (Lipinski definition) is 2. The monoisotopic (exact) mass is 410 g/mol. The molecule has 0 bridgehead atoms. The molecular formula is C30H22N2. The number of aromatic nitrogens is 2. The molecule has 2 nitrogen and oxygen atoms in total. The van der Waals surface area contributed by atoms with Crippen molar-refractivity contribution in [2.45, 2.75) is 0 Å². The molecule has 32 heavy (non-hydrogen) atoms. The molecule has 0 fully saturated rings. The second-order valence-electron chi connectivity index (χ2n) is 7.60. The van der Waals surface area contributed by atoms with Crippen molar-refractivity contribution in [2.24, 2.45) is 0 Å². The number of rotatable bonds is 5. The highest BCUT2D eigenvalue weighted by atomic mass is 14.9. The van der Waals surface area contributed by atoms with Gasteiger partial charge < -0.3 is 0 Å². The van der Waals surface area contributed by atoms with Gasteiger partial charge in [0.2, 0.25) is 0 Å². The second kappa shape index (κ2) is 8.83. The third-order valence-corrected chi connectivity index (χ3v) is 5.49. The molecule has 0 unspecified atom stereocenters. The molecule has 0 spiro atoms. The lowest BCUT2D eigenvalue weighted by Gasteiger charge is -2.10. The molecule has 0 amide bonds. The Morgan fingerprint density at radius 2 is 0.906 bits per heavy atom. The summed E-state index contributed by atoms with van der Waals surface area (Å²) in [5.74, 6) is 0.716. The standard InChI is InChI=1S/C30H22N2/c1-2-22-13-15-26(16-14-22)29-21-28(25-11-7-4-8-12-25)31-30(32-29)27-19-17-24(18-20-27)23-9-5-3-6-10-23/h2-21H,1H2. The lowest BCUT2D eigenvalue weighted by Crippen LogP contribution is -1.96. The van der Waals surface area contributed by atoms with Gasteiger partial charge >= 0.3 is 0 Å². The molecule has 0 aliphatic carbocycles. The molecule has 152 valence electrons. The lowest BCUT2D eigenvalue weighted by molar-refractivity contribution is 1.18. The average Bonchev–Trinajstić information content (AvgIpc) is 2.89. The van der Waals surface area contributed by atoms with E-state index < -0.39 is 0 Å². The van der Waals surface area contributed by atoms with Crippen molar-refractivity contribution >= 4 is 6.08 Å². The maximum absolute atomic E-state index is 4.92. The van der Waals surface area contributed by atoms with E-state index >= 15 is 0 Å². The fourth-order valence-corrected chi connectivity index (χ4v) is 3.71. The van der Waals surface area contributed by atoms with Crippen LogP contribution in [0.4, 0.5) is 0 Å². The Bertz CT molecular complexity index is 1340. The van der Waals surface area contributed by atoms with Gasteiger partial charge in [-0.15, -0.1) is 0 Å². The third-order valence-electron chi connectivity index (χ3n) is 5.49. The van der Waals surface area contributed by atoms with Crippen LogP contribution in [0.1, 0.15) is 5.56 Å². The Hall–Kier alpha value is -4.30. The van der Waals surface area contributed by atoms with Gasteiger partial charge in [0, 0.05) is 16.7 Å². The van der Waals surface area contributed by atoms with Crippen LogP contribution in [0.5, 0.6) is 0 Å². The van der Waals surface area contributed by atoms with Crippen LogP contribution >= 0.6 is 0 Å². The zero-order valence-corrected chi connectivity index (χ0v) is 17.6.